The van der Waals surface area contributed by atoms with Gasteiger partial charge in [-0.15, -0.1) is 0 Å². The maximum Gasteiger partial charge on any atom is 0.258 e. The molecule has 1 atom stereocenters. The van der Waals surface area contributed by atoms with Gasteiger partial charge in [-0.05, 0) is 49.6 Å². The number of hydrogen-bond donors (Lipinski definition) is 2. The Kier molecular flexibility index (Phi) is 5.86. The number of anilines is 1. The van der Waals surface area contributed by atoms with Crippen molar-refractivity contribution in [3.05, 3.63) is 59.7 Å². The molecule has 2 amide bonds. The van der Waals surface area contributed by atoms with Crippen molar-refractivity contribution in [3.63, 3.8) is 0 Å². The highest BCUT2D eigenvalue weighted by atomic mass is 16.5. The summed E-state index contributed by atoms with van der Waals surface area (Å²) in [5.41, 5.74) is 2.08. The van der Waals surface area contributed by atoms with Crippen LogP contribution >= 0.6 is 0 Å². The number of aldehydes is 1. The summed E-state index contributed by atoms with van der Waals surface area (Å²) in [6.07, 6.45) is 2.62. The van der Waals surface area contributed by atoms with Crippen LogP contribution in [0.1, 0.15) is 41.7 Å². The fraction of sp³-hybridized carbons (Fsp3) is 0.286. The zero-order valence-electron chi connectivity index (χ0n) is 15.1. The number of rotatable bonds is 8. The van der Waals surface area contributed by atoms with E-state index in [1.165, 1.54) is 0 Å². The van der Waals surface area contributed by atoms with E-state index in [2.05, 4.69) is 10.6 Å². The Morgan fingerprint density at radius 3 is 2.52 bits per heavy atom. The highest BCUT2D eigenvalue weighted by molar-refractivity contribution is 5.94. The van der Waals surface area contributed by atoms with Gasteiger partial charge < -0.3 is 15.4 Å². The summed E-state index contributed by atoms with van der Waals surface area (Å²) in [4.78, 5) is 34.8. The van der Waals surface area contributed by atoms with E-state index < -0.39 is 0 Å². The van der Waals surface area contributed by atoms with Crippen molar-refractivity contribution in [1.82, 2.24) is 5.32 Å². The summed E-state index contributed by atoms with van der Waals surface area (Å²) in [7, 11) is 0. The topological polar surface area (TPSA) is 84.5 Å². The van der Waals surface area contributed by atoms with Gasteiger partial charge in [0.2, 0.25) is 5.91 Å². The molecule has 2 aromatic carbocycles. The number of ether oxygens (including phenoxy) is 1. The van der Waals surface area contributed by atoms with Crippen LogP contribution in [0, 0.1) is 5.92 Å². The molecule has 0 spiro atoms. The molecule has 0 bridgehead atoms. The second-order valence-corrected chi connectivity index (χ2v) is 6.62. The van der Waals surface area contributed by atoms with Gasteiger partial charge in [-0.3, -0.25) is 14.4 Å². The van der Waals surface area contributed by atoms with Crippen LogP contribution in [0.4, 0.5) is 5.69 Å². The third-order valence-electron chi connectivity index (χ3n) is 4.41. The Morgan fingerprint density at radius 2 is 1.85 bits per heavy atom. The number of nitrogens with one attached hydrogen (secondary N) is 2. The first-order valence-corrected chi connectivity index (χ1v) is 8.94. The minimum atomic E-state index is -0.283. The van der Waals surface area contributed by atoms with Gasteiger partial charge in [-0.2, -0.15) is 0 Å². The van der Waals surface area contributed by atoms with E-state index in [4.69, 9.17) is 4.74 Å². The standard InChI is InChI=1S/C21H22N2O4/c1-14(15-8-10-18(11-9-15)23-21(26)16-6-7-16)22-20(25)13-27-19-5-3-2-4-17(19)12-24/h2-5,8-12,14,16H,6-7,13H2,1H3,(H,22,25)(H,23,26). The molecular formula is C21H22N2O4. The van der Waals surface area contributed by atoms with Gasteiger partial charge in [0.25, 0.3) is 5.91 Å². The zero-order chi connectivity index (χ0) is 19.2. The molecule has 1 fully saturated rings. The lowest BCUT2D eigenvalue weighted by atomic mass is 10.1. The van der Waals surface area contributed by atoms with Crippen LogP contribution in [-0.2, 0) is 9.59 Å². The molecular weight excluding hydrogens is 344 g/mol. The summed E-state index contributed by atoms with van der Waals surface area (Å²) in [5.74, 6) is 0.324. The summed E-state index contributed by atoms with van der Waals surface area (Å²) >= 11 is 0. The molecule has 0 radical (unpaired) electrons. The lowest BCUT2D eigenvalue weighted by Gasteiger charge is -2.16. The van der Waals surface area contributed by atoms with E-state index in [0.29, 0.717) is 17.6 Å². The van der Waals surface area contributed by atoms with Crippen molar-refractivity contribution in [2.75, 3.05) is 11.9 Å². The van der Waals surface area contributed by atoms with E-state index in [1.807, 2.05) is 31.2 Å². The van der Waals surface area contributed by atoms with Gasteiger partial charge in [0.1, 0.15) is 5.75 Å². The minimum absolute atomic E-state index is 0.0665. The summed E-state index contributed by atoms with van der Waals surface area (Å²) < 4.78 is 5.43. The monoisotopic (exact) mass is 366 g/mol. The Bertz CT molecular complexity index is 828. The number of carbonyl (C=O) groups excluding carboxylic acids is 3. The van der Waals surface area contributed by atoms with Crippen LogP contribution in [0.5, 0.6) is 5.75 Å². The van der Waals surface area contributed by atoms with E-state index in [-0.39, 0.29) is 30.4 Å². The van der Waals surface area contributed by atoms with Crippen LogP contribution < -0.4 is 15.4 Å². The van der Waals surface area contributed by atoms with Crippen LogP contribution in [0.15, 0.2) is 48.5 Å². The molecule has 0 aliphatic heterocycles. The van der Waals surface area contributed by atoms with E-state index in [9.17, 15) is 14.4 Å². The Balaban J connectivity index is 1.50. The first-order valence-electron chi connectivity index (χ1n) is 8.94. The molecule has 3 rings (SSSR count). The number of para-hydroxylation sites is 1. The van der Waals surface area contributed by atoms with Crippen LogP contribution in [0.2, 0.25) is 0 Å². The third kappa shape index (κ3) is 5.17. The van der Waals surface area contributed by atoms with Gasteiger partial charge >= 0.3 is 0 Å². The van der Waals surface area contributed by atoms with Crippen molar-refractivity contribution in [2.24, 2.45) is 5.92 Å². The lowest BCUT2D eigenvalue weighted by Crippen LogP contribution is -2.31. The minimum Gasteiger partial charge on any atom is -0.483 e. The average molecular weight is 366 g/mol. The summed E-state index contributed by atoms with van der Waals surface area (Å²) in [6.45, 7) is 1.69. The molecule has 1 aliphatic carbocycles. The van der Waals surface area contributed by atoms with E-state index in [0.717, 1.165) is 24.1 Å². The van der Waals surface area contributed by atoms with Crippen molar-refractivity contribution in [3.8, 4) is 5.75 Å². The van der Waals surface area contributed by atoms with Gasteiger partial charge in [0.15, 0.2) is 12.9 Å². The van der Waals surface area contributed by atoms with Gasteiger partial charge in [0.05, 0.1) is 11.6 Å². The normalized spacial score (nSPS) is 14.1. The molecule has 0 aromatic heterocycles. The van der Waals surface area contributed by atoms with Crippen molar-refractivity contribution >= 4 is 23.8 Å². The van der Waals surface area contributed by atoms with Crippen molar-refractivity contribution in [2.45, 2.75) is 25.8 Å². The third-order valence-corrected chi connectivity index (χ3v) is 4.41. The van der Waals surface area contributed by atoms with Gasteiger partial charge in [-0.1, -0.05) is 24.3 Å². The second kappa shape index (κ2) is 8.49. The summed E-state index contributed by atoms with van der Waals surface area (Å²) in [6, 6.07) is 13.9. The number of hydrogen-bond acceptors (Lipinski definition) is 4. The molecule has 2 N–H and O–H groups in total. The number of carbonyl (C=O) groups is 3. The number of amides is 2. The highest BCUT2D eigenvalue weighted by Gasteiger charge is 2.29. The highest BCUT2D eigenvalue weighted by Crippen LogP contribution is 2.30. The molecule has 0 heterocycles. The Labute approximate surface area is 157 Å². The maximum atomic E-state index is 12.1. The van der Waals surface area contributed by atoms with E-state index >= 15 is 0 Å². The molecule has 1 unspecified atom stereocenters. The van der Waals surface area contributed by atoms with Crippen molar-refractivity contribution < 1.29 is 19.1 Å². The van der Waals surface area contributed by atoms with Crippen LogP contribution in [-0.4, -0.2) is 24.7 Å². The Hall–Kier alpha value is -3.15. The molecule has 6 heteroatoms. The predicted molar refractivity (Wildman–Crippen MR) is 102 cm³/mol. The molecule has 140 valence electrons. The zero-order valence-corrected chi connectivity index (χ0v) is 15.1. The largest absolute Gasteiger partial charge is 0.483 e. The molecule has 6 nitrogen and oxygen atoms in total. The molecule has 1 aliphatic rings. The average Bonchev–Trinajstić information content (AvgIpc) is 3.52. The predicted octanol–water partition coefficient (Wildman–Crippen LogP) is 3.10. The molecule has 27 heavy (non-hydrogen) atoms. The maximum absolute atomic E-state index is 12.1. The van der Waals surface area contributed by atoms with Gasteiger partial charge in [0, 0.05) is 11.6 Å². The molecule has 2 aromatic rings. The fourth-order valence-electron chi connectivity index (χ4n) is 2.66. The quantitative estimate of drug-likeness (QED) is 0.703. The molecule has 1 saturated carbocycles. The van der Waals surface area contributed by atoms with Crippen LogP contribution in [0.3, 0.4) is 0 Å². The first kappa shape index (κ1) is 18.6. The number of benzene rings is 2. The SMILES string of the molecule is CC(NC(=O)COc1ccccc1C=O)c1ccc(NC(=O)C2CC2)cc1. The van der Waals surface area contributed by atoms with E-state index in [1.54, 1.807) is 24.3 Å². The smallest absolute Gasteiger partial charge is 0.258 e. The van der Waals surface area contributed by atoms with Gasteiger partial charge in [-0.25, -0.2) is 0 Å². The summed E-state index contributed by atoms with van der Waals surface area (Å²) in [5, 5.41) is 5.74. The molecule has 0 saturated heterocycles. The lowest BCUT2D eigenvalue weighted by molar-refractivity contribution is -0.123. The van der Waals surface area contributed by atoms with Crippen LogP contribution in [0.25, 0.3) is 0 Å². The van der Waals surface area contributed by atoms with Crippen molar-refractivity contribution in [1.29, 1.82) is 0 Å². The second-order valence-electron chi connectivity index (χ2n) is 6.62. The first-order chi connectivity index (χ1) is 13.1. The Morgan fingerprint density at radius 1 is 1.15 bits per heavy atom. The fourth-order valence-corrected chi connectivity index (χ4v) is 2.66.